The molecule has 0 spiro atoms. The summed E-state index contributed by atoms with van der Waals surface area (Å²) < 4.78 is 1.87. The van der Waals surface area contributed by atoms with E-state index in [4.69, 9.17) is 5.73 Å². The lowest BCUT2D eigenvalue weighted by molar-refractivity contribution is 0.0999. The Kier molecular flexibility index (Phi) is 5.04. The Bertz CT molecular complexity index is 1060. The summed E-state index contributed by atoms with van der Waals surface area (Å²) in [6.45, 7) is 6.83. The molecule has 1 amide bonds. The first kappa shape index (κ1) is 18.1. The molecular weight excluding hydrogens is 346 g/mol. The van der Waals surface area contributed by atoms with E-state index in [9.17, 15) is 9.59 Å². The highest BCUT2D eigenvalue weighted by molar-refractivity contribution is 7.10. The molecule has 2 N–H and O–H groups in total. The van der Waals surface area contributed by atoms with E-state index < -0.39 is 5.91 Å². The number of thiazole rings is 1. The second kappa shape index (κ2) is 7.25. The van der Waals surface area contributed by atoms with Crippen LogP contribution < -0.4 is 11.2 Å². The quantitative estimate of drug-likeness (QED) is 0.743. The molecule has 0 aliphatic rings. The van der Waals surface area contributed by atoms with Gasteiger partial charge in [-0.25, -0.2) is 4.98 Å². The number of aryl methyl sites for hydroxylation is 1. The lowest BCUT2D eigenvalue weighted by Gasteiger charge is -2.11. The van der Waals surface area contributed by atoms with E-state index in [1.807, 2.05) is 35.8 Å². The third-order valence-electron chi connectivity index (χ3n) is 4.26. The van der Waals surface area contributed by atoms with E-state index in [2.05, 4.69) is 24.2 Å². The topological polar surface area (TPSA) is 78.0 Å². The molecule has 0 saturated carbocycles. The molecule has 0 atom stereocenters. The largest absolute Gasteiger partial charge is 0.365 e. The lowest BCUT2D eigenvalue weighted by Crippen LogP contribution is -2.24. The van der Waals surface area contributed by atoms with Crippen molar-refractivity contribution in [2.75, 3.05) is 0 Å². The van der Waals surface area contributed by atoms with Crippen LogP contribution in [0.3, 0.4) is 0 Å². The smallest absolute Gasteiger partial charge is 0.254 e. The number of hydrogen-bond acceptors (Lipinski definition) is 4. The van der Waals surface area contributed by atoms with Crippen LogP contribution in [0.25, 0.3) is 23.1 Å². The van der Waals surface area contributed by atoms with Gasteiger partial charge in [0.2, 0.25) is 5.43 Å². The predicted octanol–water partition coefficient (Wildman–Crippen LogP) is 3.87. The summed E-state index contributed by atoms with van der Waals surface area (Å²) >= 11 is 1.61. The van der Waals surface area contributed by atoms with Crippen molar-refractivity contribution < 1.29 is 4.79 Å². The van der Waals surface area contributed by atoms with Gasteiger partial charge < -0.3 is 10.3 Å². The average Bonchev–Trinajstić information content (AvgIpc) is 3.09. The average molecular weight is 367 g/mol. The molecule has 2 aromatic heterocycles. The second-order valence-electron chi connectivity index (χ2n) is 6.40. The fourth-order valence-electron chi connectivity index (χ4n) is 2.76. The van der Waals surface area contributed by atoms with Crippen LogP contribution >= 0.6 is 11.3 Å². The van der Waals surface area contributed by atoms with Crippen LogP contribution in [0.15, 0.2) is 34.6 Å². The van der Waals surface area contributed by atoms with Gasteiger partial charge in [-0.1, -0.05) is 26.0 Å². The molecule has 2 heterocycles. The minimum Gasteiger partial charge on any atom is -0.365 e. The summed E-state index contributed by atoms with van der Waals surface area (Å²) in [6.07, 6.45) is 5.50. The lowest BCUT2D eigenvalue weighted by atomic mass is 10.1. The number of benzene rings is 1. The number of fused-ring (bicyclic) bond motifs is 1. The first-order valence-electron chi connectivity index (χ1n) is 8.51. The van der Waals surface area contributed by atoms with E-state index in [0.29, 0.717) is 17.8 Å². The first-order chi connectivity index (χ1) is 12.4. The molecule has 3 rings (SSSR count). The Labute approximate surface area is 155 Å². The Morgan fingerprint density at radius 1 is 1.35 bits per heavy atom. The highest BCUT2D eigenvalue weighted by atomic mass is 32.1. The number of primary amides is 1. The summed E-state index contributed by atoms with van der Waals surface area (Å²) in [4.78, 5) is 28.5. The third kappa shape index (κ3) is 3.46. The van der Waals surface area contributed by atoms with Crippen molar-refractivity contribution in [2.45, 2.75) is 33.2 Å². The van der Waals surface area contributed by atoms with Gasteiger partial charge in [-0.05, 0) is 36.6 Å². The molecule has 0 saturated heterocycles. The fraction of sp³-hybridized carbons (Fsp3) is 0.250. The molecule has 5 nitrogen and oxygen atoms in total. The number of pyridine rings is 1. The Hall–Kier alpha value is -2.73. The van der Waals surface area contributed by atoms with Gasteiger partial charge in [-0.2, -0.15) is 0 Å². The molecule has 26 heavy (non-hydrogen) atoms. The number of rotatable bonds is 5. The van der Waals surface area contributed by atoms with Crippen molar-refractivity contribution >= 4 is 40.3 Å². The zero-order valence-electron chi connectivity index (χ0n) is 15.0. The van der Waals surface area contributed by atoms with Gasteiger partial charge in [-0.3, -0.25) is 9.59 Å². The van der Waals surface area contributed by atoms with Crippen LogP contribution in [0.2, 0.25) is 0 Å². The van der Waals surface area contributed by atoms with E-state index in [1.165, 1.54) is 6.20 Å². The molecule has 0 aliphatic carbocycles. The van der Waals surface area contributed by atoms with Crippen molar-refractivity contribution in [3.05, 3.63) is 61.8 Å². The van der Waals surface area contributed by atoms with Gasteiger partial charge in [0, 0.05) is 23.5 Å². The molecule has 0 fully saturated rings. The van der Waals surface area contributed by atoms with Crippen LogP contribution in [-0.4, -0.2) is 15.5 Å². The number of nitrogens with two attached hydrogens (primary N) is 1. The maximum Gasteiger partial charge on any atom is 0.254 e. The third-order valence-corrected chi connectivity index (χ3v) is 5.09. The van der Waals surface area contributed by atoms with Gasteiger partial charge in [0.25, 0.3) is 5.91 Å². The van der Waals surface area contributed by atoms with Crippen molar-refractivity contribution in [1.29, 1.82) is 0 Å². The molecule has 3 aromatic rings. The van der Waals surface area contributed by atoms with Gasteiger partial charge in [0.1, 0.15) is 10.6 Å². The van der Waals surface area contributed by atoms with E-state index in [-0.39, 0.29) is 11.0 Å². The second-order valence-corrected chi connectivity index (χ2v) is 7.29. The Morgan fingerprint density at radius 3 is 2.73 bits per heavy atom. The number of hydrogen-bond donors (Lipinski definition) is 1. The van der Waals surface area contributed by atoms with Gasteiger partial charge in [0.15, 0.2) is 0 Å². The molecule has 0 bridgehead atoms. The van der Waals surface area contributed by atoms with Crippen LogP contribution in [0, 0.1) is 0 Å². The molecule has 0 unspecified atom stereocenters. The number of amides is 1. The zero-order chi connectivity index (χ0) is 18.8. The van der Waals surface area contributed by atoms with Crippen molar-refractivity contribution in [2.24, 2.45) is 5.73 Å². The summed E-state index contributed by atoms with van der Waals surface area (Å²) in [5, 5.41) is 3.52. The molecule has 134 valence electrons. The Balaban J connectivity index is 2.03. The number of carbonyl (C=O) groups excluding carboxylic acids is 1. The molecule has 0 radical (unpaired) electrons. The maximum absolute atomic E-state index is 12.5. The number of aromatic nitrogens is 2. The number of carbonyl (C=O) groups is 1. The molecular formula is C20H21N3O2S. The Morgan fingerprint density at radius 2 is 2.12 bits per heavy atom. The SMILES string of the molecule is CCn1cc(C(N)=O)c(=O)c2ccc(C=Cc3nc(C(C)C)cs3)cc21. The standard InChI is InChI=1S/C20H21N3O2S/c1-4-23-10-15(20(21)25)19(24)14-7-5-13(9-17(14)23)6-8-18-22-16(11-26-18)12(2)3/h5-12H,4H2,1-3H3,(H2,21,25). The highest BCUT2D eigenvalue weighted by Gasteiger charge is 2.12. The molecule has 1 aromatic carbocycles. The normalized spacial score (nSPS) is 11.7. The van der Waals surface area contributed by atoms with Crippen LogP contribution in [0.1, 0.15) is 53.3 Å². The van der Waals surface area contributed by atoms with Gasteiger partial charge in [0.05, 0.1) is 11.2 Å². The van der Waals surface area contributed by atoms with Crippen molar-refractivity contribution in [3.8, 4) is 0 Å². The summed E-state index contributed by atoms with van der Waals surface area (Å²) in [5.74, 6) is -0.291. The van der Waals surface area contributed by atoms with Crippen LogP contribution in [0.5, 0.6) is 0 Å². The first-order valence-corrected chi connectivity index (χ1v) is 9.39. The van der Waals surface area contributed by atoms with Crippen molar-refractivity contribution in [3.63, 3.8) is 0 Å². The van der Waals surface area contributed by atoms with Crippen LogP contribution in [0.4, 0.5) is 0 Å². The fourth-order valence-corrected chi connectivity index (χ4v) is 3.63. The zero-order valence-corrected chi connectivity index (χ0v) is 15.8. The monoisotopic (exact) mass is 367 g/mol. The van der Waals surface area contributed by atoms with Gasteiger partial charge >= 0.3 is 0 Å². The summed E-state index contributed by atoms with van der Waals surface area (Å²) in [5.41, 5.74) is 7.86. The molecule has 6 heteroatoms. The van der Waals surface area contributed by atoms with Crippen molar-refractivity contribution in [1.82, 2.24) is 9.55 Å². The summed E-state index contributed by atoms with van der Waals surface area (Å²) in [6, 6.07) is 5.55. The van der Waals surface area contributed by atoms with Gasteiger partial charge in [-0.15, -0.1) is 11.3 Å². The number of nitrogens with zero attached hydrogens (tertiary/aromatic N) is 2. The highest BCUT2D eigenvalue weighted by Crippen LogP contribution is 2.21. The van der Waals surface area contributed by atoms with Crippen LogP contribution in [-0.2, 0) is 6.54 Å². The molecule has 0 aliphatic heterocycles. The van der Waals surface area contributed by atoms with E-state index in [1.54, 1.807) is 17.4 Å². The minimum absolute atomic E-state index is 0.0200. The van der Waals surface area contributed by atoms with E-state index >= 15 is 0 Å². The predicted molar refractivity (Wildman–Crippen MR) is 108 cm³/mol. The maximum atomic E-state index is 12.5. The van der Waals surface area contributed by atoms with E-state index in [0.717, 1.165) is 21.8 Å². The summed E-state index contributed by atoms with van der Waals surface area (Å²) in [7, 11) is 0. The minimum atomic E-state index is -0.701.